The maximum absolute atomic E-state index is 8.69. The molecule has 0 atom stereocenters. The molecule has 1 amide bonds. The fraction of sp³-hybridized carbons (Fsp3) is 0. The fourth-order valence-corrected chi connectivity index (χ4v) is 0. The van der Waals surface area contributed by atoms with Crippen molar-refractivity contribution in [2.24, 2.45) is 0 Å². The topological polar surface area (TPSA) is 49.3 Å². The van der Waals surface area contributed by atoms with Crippen LogP contribution in [-0.2, 0) is 25.9 Å². The summed E-state index contributed by atoms with van der Waals surface area (Å²) >= 11 is 0. The van der Waals surface area contributed by atoms with Gasteiger partial charge in [0.1, 0.15) is 0 Å². The SMILES string of the molecule is O=[C-]NO.[W]. The monoisotopic (exact) mass is 244 g/mol. The molecule has 0 rings (SSSR count). The second kappa shape index (κ2) is 8.92. The summed E-state index contributed by atoms with van der Waals surface area (Å²) in [6.45, 7) is 0. The molecule has 0 spiro atoms. The van der Waals surface area contributed by atoms with Gasteiger partial charge in [0.05, 0.1) is 0 Å². The number of hydroxylamine groups is 1. The van der Waals surface area contributed by atoms with Gasteiger partial charge in [-0.25, -0.2) is 0 Å². The van der Waals surface area contributed by atoms with E-state index in [4.69, 9.17) is 10.0 Å². The molecule has 0 aliphatic rings. The van der Waals surface area contributed by atoms with Crippen molar-refractivity contribution in [3.63, 3.8) is 0 Å². The van der Waals surface area contributed by atoms with Gasteiger partial charge in [-0.2, -0.15) is 0 Å². The van der Waals surface area contributed by atoms with Crippen molar-refractivity contribution in [3.8, 4) is 0 Å². The van der Waals surface area contributed by atoms with E-state index in [9.17, 15) is 0 Å². The molecule has 0 saturated heterocycles. The van der Waals surface area contributed by atoms with E-state index >= 15 is 0 Å². The average molecular weight is 244 g/mol. The van der Waals surface area contributed by atoms with Gasteiger partial charge in [-0.15, -0.1) is 6.41 Å². The van der Waals surface area contributed by atoms with E-state index in [0.717, 1.165) is 11.9 Å². The molecule has 5 heavy (non-hydrogen) atoms. The van der Waals surface area contributed by atoms with Crippen LogP contribution in [0.25, 0.3) is 0 Å². The van der Waals surface area contributed by atoms with Gasteiger partial charge in [-0.1, -0.05) is 0 Å². The molecule has 0 unspecified atom stereocenters. The van der Waals surface area contributed by atoms with E-state index in [0.29, 0.717) is 0 Å². The first-order chi connectivity index (χ1) is 1.91. The summed E-state index contributed by atoms with van der Waals surface area (Å²) < 4.78 is 0. The number of carbonyl (C=O) groups excluding carboxylic acids is 1. The molecule has 0 bridgehead atoms. The van der Waals surface area contributed by atoms with Crippen molar-refractivity contribution in [3.05, 3.63) is 0 Å². The van der Waals surface area contributed by atoms with Gasteiger partial charge >= 0.3 is 0 Å². The van der Waals surface area contributed by atoms with E-state index in [2.05, 4.69) is 0 Å². The Bertz CT molecular complexity index is 23.6. The van der Waals surface area contributed by atoms with Crippen LogP contribution in [0, 0.1) is 0 Å². The first-order valence-corrected chi connectivity index (χ1v) is 0.678. The molecule has 0 fully saturated rings. The third-order valence-electron chi connectivity index (χ3n) is 0.0456. The molecule has 0 saturated carbocycles. The van der Waals surface area contributed by atoms with Crippen molar-refractivity contribution in [1.29, 1.82) is 0 Å². The summed E-state index contributed by atoms with van der Waals surface area (Å²) in [6.07, 6.45) is 0.986. The van der Waals surface area contributed by atoms with Crippen LogP contribution in [-0.4, -0.2) is 11.6 Å². The summed E-state index contributed by atoms with van der Waals surface area (Å²) in [5, 5.41) is 7.20. The summed E-state index contributed by atoms with van der Waals surface area (Å²) in [5.41, 5.74) is 1.12. The Labute approximate surface area is 43.6 Å². The Kier molecular flexibility index (Phi) is 15.9. The van der Waals surface area contributed by atoms with Gasteiger partial charge in [0.15, 0.2) is 0 Å². The Hall–Kier alpha value is 0.118. The fourth-order valence-electron chi connectivity index (χ4n) is 0. The van der Waals surface area contributed by atoms with Crippen LogP contribution in [0.4, 0.5) is 0 Å². The van der Waals surface area contributed by atoms with Crippen LogP contribution < -0.4 is 5.48 Å². The van der Waals surface area contributed by atoms with E-state index in [-0.39, 0.29) is 21.1 Å². The molecule has 0 aromatic rings. The molecule has 30 valence electrons. The minimum atomic E-state index is 0. The second-order valence-electron chi connectivity index (χ2n) is 0.214. The van der Waals surface area contributed by atoms with Crippen molar-refractivity contribution in [2.75, 3.05) is 0 Å². The summed E-state index contributed by atoms with van der Waals surface area (Å²) in [5.74, 6) is 0. The molecule has 0 aromatic heterocycles. The molecule has 2 N–H and O–H groups in total. The van der Waals surface area contributed by atoms with Crippen LogP contribution >= 0.6 is 0 Å². The Morgan fingerprint density at radius 2 is 2.00 bits per heavy atom. The smallest absolute Gasteiger partial charge is 0 e. The maximum Gasteiger partial charge on any atom is 0 e. The summed E-state index contributed by atoms with van der Waals surface area (Å²) in [6, 6.07) is 0. The van der Waals surface area contributed by atoms with Gasteiger partial charge in [-0.05, 0) is 0 Å². The molecular weight excluding hydrogens is 242 g/mol. The van der Waals surface area contributed by atoms with Gasteiger partial charge in [0.2, 0.25) is 0 Å². The second-order valence-corrected chi connectivity index (χ2v) is 0.214. The van der Waals surface area contributed by atoms with E-state index in [1.807, 2.05) is 0 Å². The standard InChI is InChI=1S/CH2NO2.W/c3-1-2-4;/h4H,(H,2,3);/q-1;. The molecule has 0 aromatic carbocycles. The number of hydrogen-bond acceptors (Lipinski definition) is 2. The van der Waals surface area contributed by atoms with Crippen LogP contribution in [0.5, 0.6) is 0 Å². The van der Waals surface area contributed by atoms with Gasteiger partial charge in [0.25, 0.3) is 0 Å². The minimum absolute atomic E-state index is 0. The summed E-state index contributed by atoms with van der Waals surface area (Å²) in [4.78, 5) is 8.69. The molecule has 0 aliphatic heterocycles. The zero-order valence-electron chi connectivity index (χ0n) is 2.26. The number of amides is 1. The molecule has 0 heterocycles. The normalized spacial score (nSPS) is 4.20. The largest absolute Gasteiger partial charge is 0.518 e. The first kappa shape index (κ1) is 8.93. The Morgan fingerprint density at radius 3 is 2.00 bits per heavy atom. The van der Waals surface area contributed by atoms with E-state index < -0.39 is 0 Å². The van der Waals surface area contributed by atoms with Crippen molar-refractivity contribution < 1.29 is 31.1 Å². The Morgan fingerprint density at radius 1 is 1.80 bits per heavy atom. The van der Waals surface area contributed by atoms with E-state index in [1.165, 1.54) is 0 Å². The third-order valence-corrected chi connectivity index (χ3v) is 0.0456. The predicted octanol–water partition coefficient (Wildman–Crippen LogP) is -0.970. The summed E-state index contributed by atoms with van der Waals surface area (Å²) in [7, 11) is 0. The van der Waals surface area contributed by atoms with Gasteiger partial charge in [0, 0.05) is 21.1 Å². The van der Waals surface area contributed by atoms with Crippen LogP contribution in [0.1, 0.15) is 0 Å². The molecular formula is CH2NO2W-. The van der Waals surface area contributed by atoms with Gasteiger partial charge in [-0.3, -0.25) is 0 Å². The Balaban J connectivity index is 0. The van der Waals surface area contributed by atoms with Crippen molar-refractivity contribution in [1.82, 2.24) is 5.48 Å². The van der Waals surface area contributed by atoms with E-state index in [1.54, 1.807) is 0 Å². The average Bonchev–Trinajstić information content (AvgIpc) is 1.37. The third kappa shape index (κ3) is 14.8. The predicted molar refractivity (Wildman–Crippen MR) is 10.6 cm³/mol. The minimum Gasteiger partial charge on any atom is -0.518 e. The maximum atomic E-state index is 8.69. The molecule has 0 radical (unpaired) electrons. The van der Waals surface area contributed by atoms with Gasteiger partial charge < -0.3 is 15.5 Å². The number of rotatable bonds is 1. The van der Waals surface area contributed by atoms with Crippen molar-refractivity contribution in [2.45, 2.75) is 0 Å². The molecule has 3 nitrogen and oxygen atoms in total. The van der Waals surface area contributed by atoms with Crippen LogP contribution in [0.2, 0.25) is 0 Å². The number of nitrogens with one attached hydrogen (secondary N) is 1. The quantitative estimate of drug-likeness (QED) is 0.270. The molecule has 4 heteroatoms. The van der Waals surface area contributed by atoms with Crippen LogP contribution in [0.3, 0.4) is 0 Å². The zero-order valence-corrected chi connectivity index (χ0v) is 5.20. The zero-order chi connectivity index (χ0) is 3.41. The molecule has 0 aliphatic carbocycles. The van der Waals surface area contributed by atoms with Crippen LogP contribution in [0.15, 0.2) is 0 Å². The first-order valence-electron chi connectivity index (χ1n) is 0.678. The number of hydrogen-bond donors (Lipinski definition) is 2. The van der Waals surface area contributed by atoms with Crippen molar-refractivity contribution >= 4 is 6.41 Å².